The Labute approximate surface area is 147 Å². The maximum Gasteiger partial charge on any atom is 0.274 e. The van der Waals surface area contributed by atoms with Crippen LogP contribution >= 0.6 is 12.4 Å². The number of fused-ring (bicyclic) bond motifs is 1. The number of nitrogens with zero attached hydrogens (tertiary/aromatic N) is 3. The second kappa shape index (κ2) is 7.23. The largest absolute Gasteiger partial charge is 0.368 e. The number of amides is 1. The molecule has 2 aliphatic rings. The summed E-state index contributed by atoms with van der Waals surface area (Å²) >= 11 is 0. The lowest BCUT2D eigenvalue weighted by molar-refractivity contribution is 0.0739. The Kier molecular flexibility index (Phi) is 5.06. The number of rotatable bonds is 2. The highest BCUT2D eigenvalue weighted by atomic mass is 35.5. The third-order valence-corrected chi connectivity index (χ3v) is 4.70. The van der Waals surface area contributed by atoms with Gasteiger partial charge in [-0.25, -0.2) is 0 Å². The van der Waals surface area contributed by atoms with E-state index in [0.29, 0.717) is 5.69 Å². The molecule has 1 amide bonds. The minimum absolute atomic E-state index is 0. The van der Waals surface area contributed by atoms with Crippen molar-refractivity contribution in [3.8, 4) is 0 Å². The molecule has 0 aliphatic carbocycles. The summed E-state index contributed by atoms with van der Waals surface area (Å²) in [7, 11) is 0. The number of aromatic nitrogens is 2. The highest BCUT2D eigenvalue weighted by molar-refractivity contribution is 5.94. The minimum atomic E-state index is 0. The number of aromatic amines is 1. The number of piperazine rings is 1. The van der Waals surface area contributed by atoms with E-state index in [1.54, 1.807) is 0 Å². The van der Waals surface area contributed by atoms with Gasteiger partial charge in [0.15, 0.2) is 5.69 Å². The Hall–Kier alpha value is -2.05. The number of hydrogen-bond acceptors (Lipinski definition) is 4. The fraction of sp³-hybridized carbons (Fsp3) is 0.412. The molecule has 2 N–H and O–H groups in total. The summed E-state index contributed by atoms with van der Waals surface area (Å²) < 4.78 is 0. The van der Waals surface area contributed by atoms with E-state index in [2.05, 4.69) is 44.7 Å². The molecule has 1 aromatic carbocycles. The number of nitrogens with one attached hydrogen (secondary N) is 2. The van der Waals surface area contributed by atoms with Crippen LogP contribution in [0.4, 0.5) is 5.69 Å². The molecule has 1 fully saturated rings. The van der Waals surface area contributed by atoms with Crippen molar-refractivity contribution in [3.05, 3.63) is 47.3 Å². The van der Waals surface area contributed by atoms with Gasteiger partial charge < -0.3 is 15.1 Å². The summed E-state index contributed by atoms with van der Waals surface area (Å²) in [6, 6.07) is 10.4. The van der Waals surface area contributed by atoms with Crippen LogP contribution in [0.1, 0.15) is 21.7 Å². The Balaban J connectivity index is 0.00000169. The molecular weight excluding hydrogens is 326 g/mol. The first kappa shape index (κ1) is 16.8. The first-order valence-corrected chi connectivity index (χ1v) is 8.19. The van der Waals surface area contributed by atoms with Gasteiger partial charge in [-0.05, 0) is 12.1 Å². The van der Waals surface area contributed by atoms with Crippen molar-refractivity contribution < 1.29 is 4.79 Å². The lowest BCUT2D eigenvalue weighted by Gasteiger charge is -2.36. The Bertz CT molecular complexity index is 694. The van der Waals surface area contributed by atoms with Crippen molar-refractivity contribution in [2.45, 2.75) is 13.0 Å². The van der Waals surface area contributed by atoms with Gasteiger partial charge in [-0.2, -0.15) is 5.10 Å². The normalized spacial score (nSPS) is 17.2. The maximum absolute atomic E-state index is 12.8. The average Bonchev–Trinajstić information content (AvgIpc) is 3.06. The summed E-state index contributed by atoms with van der Waals surface area (Å²) in [4.78, 5) is 17.0. The summed E-state index contributed by atoms with van der Waals surface area (Å²) in [5.41, 5.74) is 3.98. The van der Waals surface area contributed by atoms with Crippen LogP contribution in [-0.2, 0) is 13.0 Å². The molecule has 1 aromatic heterocycles. The van der Waals surface area contributed by atoms with Crippen molar-refractivity contribution in [3.63, 3.8) is 0 Å². The van der Waals surface area contributed by atoms with Gasteiger partial charge in [-0.15, -0.1) is 12.4 Å². The van der Waals surface area contributed by atoms with Crippen LogP contribution in [0.5, 0.6) is 0 Å². The fourth-order valence-corrected chi connectivity index (χ4v) is 3.36. The van der Waals surface area contributed by atoms with E-state index in [9.17, 15) is 4.79 Å². The standard InChI is InChI=1S/C17H21N5O.ClH/c23-17(16-14-12-18-7-6-15(14)19-20-16)22-10-8-21(9-11-22)13-4-2-1-3-5-13;/h1-5,18H,6-12H2,(H,19,20);1H. The quantitative estimate of drug-likeness (QED) is 0.863. The first-order chi connectivity index (χ1) is 11.3. The molecule has 3 heterocycles. The Morgan fingerprint density at radius 2 is 1.83 bits per heavy atom. The number of anilines is 1. The van der Waals surface area contributed by atoms with Crippen molar-refractivity contribution in [2.24, 2.45) is 0 Å². The van der Waals surface area contributed by atoms with Crippen LogP contribution in [0.15, 0.2) is 30.3 Å². The molecule has 0 saturated carbocycles. The number of carbonyl (C=O) groups excluding carboxylic acids is 1. The number of benzene rings is 1. The predicted octanol–water partition coefficient (Wildman–Crippen LogP) is 1.44. The second-order valence-corrected chi connectivity index (χ2v) is 6.07. The zero-order chi connectivity index (χ0) is 15.6. The number of hydrogen-bond donors (Lipinski definition) is 2. The molecule has 0 atom stereocenters. The molecule has 24 heavy (non-hydrogen) atoms. The van der Waals surface area contributed by atoms with Crippen molar-refractivity contribution in [1.29, 1.82) is 0 Å². The molecule has 1 saturated heterocycles. The van der Waals surface area contributed by atoms with Crippen LogP contribution in [0, 0.1) is 0 Å². The third-order valence-electron chi connectivity index (χ3n) is 4.70. The van der Waals surface area contributed by atoms with Gasteiger partial charge in [0.1, 0.15) is 0 Å². The molecular formula is C17H22ClN5O. The van der Waals surface area contributed by atoms with Crippen LogP contribution < -0.4 is 10.2 Å². The summed E-state index contributed by atoms with van der Waals surface area (Å²) in [5.74, 6) is 0.0545. The van der Waals surface area contributed by atoms with Crippen molar-refractivity contribution >= 4 is 24.0 Å². The highest BCUT2D eigenvalue weighted by Gasteiger charge is 2.28. The van der Waals surface area contributed by atoms with Gasteiger partial charge in [0.25, 0.3) is 5.91 Å². The van der Waals surface area contributed by atoms with Gasteiger partial charge >= 0.3 is 0 Å². The van der Waals surface area contributed by atoms with Gasteiger partial charge in [-0.3, -0.25) is 9.89 Å². The topological polar surface area (TPSA) is 64.3 Å². The molecule has 0 bridgehead atoms. The molecule has 0 unspecified atom stereocenters. The lowest BCUT2D eigenvalue weighted by atomic mass is 10.1. The van der Waals surface area contributed by atoms with E-state index in [4.69, 9.17) is 0 Å². The lowest BCUT2D eigenvalue weighted by Crippen LogP contribution is -2.49. The minimum Gasteiger partial charge on any atom is -0.368 e. The van der Waals surface area contributed by atoms with Crippen LogP contribution in [-0.4, -0.2) is 53.7 Å². The smallest absolute Gasteiger partial charge is 0.274 e. The third kappa shape index (κ3) is 3.12. The number of carbonyl (C=O) groups is 1. The molecule has 7 heteroatoms. The van der Waals surface area contributed by atoms with E-state index >= 15 is 0 Å². The molecule has 6 nitrogen and oxygen atoms in total. The Morgan fingerprint density at radius 1 is 1.08 bits per heavy atom. The van der Waals surface area contributed by atoms with Gasteiger partial charge in [0.2, 0.25) is 0 Å². The second-order valence-electron chi connectivity index (χ2n) is 6.07. The number of halogens is 1. The Morgan fingerprint density at radius 3 is 2.58 bits per heavy atom. The van der Waals surface area contributed by atoms with E-state index in [1.807, 2.05) is 11.0 Å². The van der Waals surface area contributed by atoms with Gasteiger partial charge in [-0.1, -0.05) is 18.2 Å². The molecule has 0 radical (unpaired) electrons. The van der Waals surface area contributed by atoms with Gasteiger partial charge in [0.05, 0.1) is 0 Å². The van der Waals surface area contributed by atoms with E-state index in [1.165, 1.54) is 5.69 Å². The number of H-pyrrole nitrogens is 1. The summed E-state index contributed by atoms with van der Waals surface area (Å²) in [6.45, 7) is 4.88. The van der Waals surface area contributed by atoms with E-state index < -0.39 is 0 Å². The van der Waals surface area contributed by atoms with E-state index in [-0.39, 0.29) is 18.3 Å². The SMILES string of the molecule is Cl.O=C(c1n[nH]c2c1CNCC2)N1CCN(c2ccccc2)CC1. The monoisotopic (exact) mass is 347 g/mol. The van der Waals surface area contributed by atoms with Crippen molar-refractivity contribution in [1.82, 2.24) is 20.4 Å². The van der Waals surface area contributed by atoms with Crippen LogP contribution in [0.25, 0.3) is 0 Å². The van der Waals surface area contributed by atoms with Crippen LogP contribution in [0.2, 0.25) is 0 Å². The van der Waals surface area contributed by atoms with E-state index in [0.717, 1.165) is 56.9 Å². The average molecular weight is 348 g/mol. The summed E-state index contributed by atoms with van der Waals surface area (Å²) in [5, 5.41) is 10.6. The highest BCUT2D eigenvalue weighted by Crippen LogP contribution is 2.20. The molecule has 128 valence electrons. The fourth-order valence-electron chi connectivity index (χ4n) is 3.36. The van der Waals surface area contributed by atoms with Gasteiger partial charge in [0, 0.05) is 62.6 Å². The molecule has 2 aromatic rings. The maximum atomic E-state index is 12.8. The zero-order valence-electron chi connectivity index (χ0n) is 13.5. The molecule has 0 spiro atoms. The first-order valence-electron chi connectivity index (χ1n) is 8.19. The predicted molar refractivity (Wildman–Crippen MR) is 95.8 cm³/mol. The summed E-state index contributed by atoms with van der Waals surface area (Å²) in [6.07, 6.45) is 0.914. The number of para-hydroxylation sites is 1. The van der Waals surface area contributed by atoms with Crippen molar-refractivity contribution in [2.75, 3.05) is 37.6 Å². The zero-order valence-corrected chi connectivity index (χ0v) is 14.3. The molecule has 4 rings (SSSR count). The molecule has 2 aliphatic heterocycles. The van der Waals surface area contributed by atoms with Crippen LogP contribution in [0.3, 0.4) is 0 Å².